The molecule has 0 bridgehead atoms. The molecular formula is C16H25N3O2. The molecule has 2 amide bonds. The Morgan fingerprint density at radius 3 is 2.95 bits per heavy atom. The summed E-state index contributed by atoms with van der Waals surface area (Å²) >= 11 is 0. The Labute approximate surface area is 126 Å². The van der Waals surface area contributed by atoms with Gasteiger partial charge in [-0.1, -0.05) is 19.3 Å². The Morgan fingerprint density at radius 1 is 1.43 bits per heavy atom. The van der Waals surface area contributed by atoms with Crippen molar-refractivity contribution in [3.63, 3.8) is 0 Å². The summed E-state index contributed by atoms with van der Waals surface area (Å²) < 4.78 is 7.72. The van der Waals surface area contributed by atoms with Crippen LogP contribution in [0.5, 0.6) is 0 Å². The number of carbonyl (C=O) groups excluding carboxylic acids is 1. The van der Waals surface area contributed by atoms with Crippen molar-refractivity contribution >= 4 is 6.03 Å². The number of urea groups is 1. The molecule has 5 nitrogen and oxygen atoms in total. The number of nitrogens with one attached hydrogen (secondary N) is 1. The lowest BCUT2D eigenvalue weighted by molar-refractivity contribution is 0.0775. The van der Waals surface area contributed by atoms with Crippen molar-refractivity contribution in [3.8, 4) is 0 Å². The molecule has 5 heteroatoms. The molecule has 3 rings (SSSR count). The zero-order valence-electron chi connectivity index (χ0n) is 12.8. The average molecular weight is 291 g/mol. The number of rotatable bonds is 3. The van der Waals surface area contributed by atoms with Gasteiger partial charge in [-0.2, -0.15) is 0 Å². The zero-order valence-corrected chi connectivity index (χ0v) is 12.8. The summed E-state index contributed by atoms with van der Waals surface area (Å²) in [5.74, 6) is 1.27. The third-order valence-corrected chi connectivity index (χ3v) is 4.87. The van der Waals surface area contributed by atoms with Crippen molar-refractivity contribution in [3.05, 3.63) is 24.0 Å². The molecule has 0 radical (unpaired) electrons. The Hall–Kier alpha value is -1.49. The van der Waals surface area contributed by atoms with Gasteiger partial charge < -0.3 is 19.5 Å². The van der Waals surface area contributed by atoms with Crippen LogP contribution < -0.4 is 5.32 Å². The monoisotopic (exact) mass is 291 g/mol. The molecular weight excluding hydrogens is 266 g/mol. The predicted molar refractivity (Wildman–Crippen MR) is 80.9 cm³/mol. The highest BCUT2D eigenvalue weighted by atomic mass is 16.5. The number of ether oxygens (including phenoxy) is 1. The van der Waals surface area contributed by atoms with Crippen molar-refractivity contribution in [2.24, 2.45) is 18.9 Å². The van der Waals surface area contributed by atoms with E-state index in [1.807, 2.05) is 34.8 Å². The second-order valence-electron chi connectivity index (χ2n) is 6.24. The van der Waals surface area contributed by atoms with Gasteiger partial charge in [0.05, 0.1) is 19.8 Å². The Kier molecular flexibility index (Phi) is 4.48. The van der Waals surface area contributed by atoms with Crippen LogP contribution in [0.2, 0.25) is 0 Å². The number of amides is 2. The molecule has 2 heterocycles. The maximum atomic E-state index is 12.4. The standard InChI is InChI=1S/C16H25N3O2/c1-18-7-3-6-15(18)10-17-16(20)19-8-9-21-12-14(11-19)13-4-2-5-13/h3,6-7,13-14H,2,4-5,8-12H2,1H3,(H,17,20). The molecule has 1 atom stereocenters. The highest BCUT2D eigenvalue weighted by Gasteiger charge is 2.31. The van der Waals surface area contributed by atoms with Crippen LogP contribution >= 0.6 is 0 Å². The highest BCUT2D eigenvalue weighted by Crippen LogP contribution is 2.34. The molecule has 0 spiro atoms. The quantitative estimate of drug-likeness (QED) is 0.925. The predicted octanol–water partition coefficient (Wildman–Crippen LogP) is 1.98. The minimum absolute atomic E-state index is 0.0334. The fourth-order valence-electron chi connectivity index (χ4n) is 3.18. The molecule has 2 aliphatic rings. The van der Waals surface area contributed by atoms with Crippen molar-refractivity contribution in [2.75, 3.05) is 26.3 Å². The number of carbonyl (C=O) groups is 1. The summed E-state index contributed by atoms with van der Waals surface area (Å²) in [5.41, 5.74) is 1.12. The van der Waals surface area contributed by atoms with Gasteiger partial charge in [0.15, 0.2) is 0 Å². The van der Waals surface area contributed by atoms with Gasteiger partial charge in [0.2, 0.25) is 0 Å². The molecule has 1 aliphatic carbocycles. The minimum Gasteiger partial charge on any atom is -0.379 e. The Morgan fingerprint density at radius 2 is 2.29 bits per heavy atom. The van der Waals surface area contributed by atoms with Crippen LogP contribution in [-0.4, -0.2) is 41.8 Å². The molecule has 1 N–H and O–H groups in total. The van der Waals surface area contributed by atoms with Gasteiger partial charge in [0.25, 0.3) is 0 Å². The van der Waals surface area contributed by atoms with Gasteiger partial charge in [0, 0.05) is 37.9 Å². The third kappa shape index (κ3) is 3.40. The van der Waals surface area contributed by atoms with Crippen molar-refractivity contribution in [1.29, 1.82) is 0 Å². The third-order valence-electron chi connectivity index (χ3n) is 4.87. The smallest absolute Gasteiger partial charge is 0.317 e. The lowest BCUT2D eigenvalue weighted by Gasteiger charge is -2.34. The van der Waals surface area contributed by atoms with Crippen molar-refractivity contribution in [1.82, 2.24) is 14.8 Å². The summed E-state index contributed by atoms with van der Waals surface area (Å²) in [7, 11) is 1.99. The molecule has 1 aromatic heterocycles. The van der Waals surface area contributed by atoms with Crippen molar-refractivity contribution in [2.45, 2.75) is 25.8 Å². The van der Waals surface area contributed by atoms with Crippen LogP contribution in [0.3, 0.4) is 0 Å². The van der Waals surface area contributed by atoms with Gasteiger partial charge in [-0.25, -0.2) is 4.79 Å². The lowest BCUT2D eigenvalue weighted by Crippen LogP contribution is -2.44. The largest absolute Gasteiger partial charge is 0.379 e. The van der Waals surface area contributed by atoms with E-state index in [4.69, 9.17) is 4.74 Å². The van der Waals surface area contributed by atoms with Gasteiger partial charge in [-0.15, -0.1) is 0 Å². The van der Waals surface area contributed by atoms with Gasteiger partial charge in [-0.05, 0) is 18.1 Å². The molecule has 0 aromatic carbocycles. The number of hydrogen-bond acceptors (Lipinski definition) is 2. The van der Waals surface area contributed by atoms with E-state index in [2.05, 4.69) is 5.32 Å². The number of hydrogen-bond donors (Lipinski definition) is 1. The number of nitrogens with zero attached hydrogens (tertiary/aromatic N) is 2. The summed E-state index contributed by atoms with van der Waals surface area (Å²) in [5, 5.41) is 3.03. The van der Waals surface area contributed by atoms with Gasteiger partial charge in [-0.3, -0.25) is 0 Å². The van der Waals surface area contributed by atoms with E-state index in [-0.39, 0.29) is 6.03 Å². The van der Waals surface area contributed by atoms with E-state index in [1.165, 1.54) is 19.3 Å². The highest BCUT2D eigenvalue weighted by molar-refractivity contribution is 5.74. The fraction of sp³-hybridized carbons (Fsp3) is 0.688. The molecule has 1 aliphatic heterocycles. The second-order valence-corrected chi connectivity index (χ2v) is 6.24. The lowest BCUT2D eigenvalue weighted by atomic mass is 9.76. The number of aryl methyl sites for hydroxylation is 1. The first kappa shape index (κ1) is 14.4. The molecule has 1 saturated heterocycles. The maximum absolute atomic E-state index is 12.4. The first-order valence-corrected chi connectivity index (χ1v) is 7.95. The van der Waals surface area contributed by atoms with Crippen LogP contribution in [0.1, 0.15) is 25.0 Å². The van der Waals surface area contributed by atoms with Crippen LogP contribution in [0.25, 0.3) is 0 Å². The minimum atomic E-state index is 0.0334. The summed E-state index contributed by atoms with van der Waals surface area (Å²) in [4.78, 5) is 14.3. The topological polar surface area (TPSA) is 46.5 Å². The zero-order chi connectivity index (χ0) is 14.7. The van der Waals surface area contributed by atoms with Crippen LogP contribution in [0.15, 0.2) is 18.3 Å². The van der Waals surface area contributed by atoms with Crippen molar-refractivity contribution < 1.29 is 9.53 Å². The molecule has 21 heavy (non-hydrogen) atoms. The first-order valence-electron chi connectivity index (χ1n) is 7.95. The van der Waals surface area contributed by atoms with Crippen LogP contribution in [0.4, 0.5) is 4.79 Å². The fourth-order valence-corrected chi connectivity index (χ4v) is 3.18. The normalized spacial score (nSPS) is 23.5. The molecule has 116 valence electrons. The van der Waals surface area contributed by atoms with Gasteiger partial charge in [0.1, 0.15) is 0 Å². The first-order chi connectivity index (χ1) is 10.2. The van der Waals surface area contributed by atoms with Crippen LogP contribution in [0, 0.1) is 11.8 Å². The van der Waals surface area contributed by atoms with Gasteiger partial charge >= 0.3 is 6.03 Å². The van der Waals surface area contributed by atoms with E-state index in [9.17, 15) is 4.79 Å². The molecule has 1 aromatic rings. The van der Waals surface area contributed by atoms with Crippen LogP contribution in [-0.2, 0) is 18.3 Å². The number of aromatic nitrogens is 1. The molecule has 1 saturated carbocycles. The van der Waals surface area contributed by atoms with E-state index in [0.29, 0.717) is 25.6 Å². The van der Waals surface area contributed by atoms with E-state index in [0.717, 1.165) is 24.8 Å². The maximum Gasteiger partial charge on any atom is 0.317 e. The SMILES string of the molecule is Cn1cccc1CNC(=O)N1CCOCC(C2CCC2)C1. The summed E-state index contributed by atoms with van der Waals surface area (Å²) in [6.07, 6.45) is 5.93. The summed E-state index contributed by atoms with van der Waals surface area (Å²) in [6.45, 7) is 3.58. The Balaban J connectivity index is 1.53. The molecule has 2 fully saturated rings. The average Bonchev–Trinajstić information content (AvgIpc) is 2.68. The van der Waals surface area contributed by atoms with E-state index >= 15 is 0 Å². The van der Waals surface area contributed by atoms with E-state index in [1.54, 1.807) is 0 Å². The second kappa shape index (κ2) is 6.52. The Bertz CT molecular complexity index is 482. The molecule has 1 unspecified atom stereocenters. The summed E-state index contributed by atoms with van der Waals surface area (Å²) in [6, 6.07) is 4.06. The van der Waals surface area contributed by atoms with E-state index < -0.39 is 0 Å².